The van der Waals surface area contributed by atoms with E-state index >= 15 is 0 Å². The van der Waals surface area contributed by atoms with Gasteiger partial charge in [0.1, 0.15) is 0 Å². The van der Waals surface area contributed by atoms with Crippen molar-refractivity contribution < 1.29 is 0 Å². The summed E-state index contributed by atoms with van der Waals surface area (Å²) in [6.07, 6.45) is 5.61. The Morgan fingerprint density at radius 2 is 2.11 bits per heavy atom. The highest BCUT2D eigenvalue weighted by atomic mass is 15.1. The van der Waals surface area contributed by atoms with Crippen LogP contribution < -0.4 is 10.6 Å². The van der Waals surface area contributed by atoms with Crippen molar-refractivity contribution in [3.8, 4) is 6.07 Å². The zero-order valence-electron chi connectivity index (χ0n) is 11.7. The first-order valence-corrected chi connectivity index (χ1v) is 7.25. The molecule has 1 saturated heterocycles. The Morgan fingerprint density at radius 1 is 1.37 bits per heavy atom. The van der Waals surface area contributed by atoms with Crippen molar-refractivity contribution in [2.24, 2.45) is 5.92 Å². The van der Waals surface area contributed by atoms with E-state index < -0.39 is 0 Å². The molecule has 0 saturated carbocycles. The van der Waals surface area contributed by atoms with E-state index in [0.29, 0.717) is 6.42 Å². The number of hydrogen-bond donors (Lipinski definition) is 1. The fraction of sp³-hybridized carbons (Fsp3) is 0.562. The minimum absolute atomic E-state index is 0.395. The second-order valence-electron chi connectivity index (χ2n) is 5.44. The standard InChI is InChI=1S/C16H23N3/c1-2-3-13-7-10-19(11-8-13)15-4-5-16(18)14(12-15)6-9-17/h4-5,12-13H,2-3,6-8,10-11,18H2,1H3. The van der Waals surface area contributed by atoms with Crippen LogP contribution in [0.1, 0.15) is 38.2 Å². The van der Waals surface area contributed by atoms with Gasteiger partial charge in [-0.1, -0.05) is 19.8 Å². The fourth-order valence-corrected chi connectivity index (χ4v) is 2.92. The molecule has 3 heteroatoms. The number of nitrogen functional groups attached to an aromatic ring is 1. The Labute approximate surface area is 116 Å². The predicted octanol–water partition coefficient (Wildman–Crippen LogP) is 3.35. The van der Waals surface area contributed by atoms with Crippen LogP contribution in [0.4, 0.5) is 11.4 Å². The lowest BCUT2D eigenvalue weighted by atomic mass is 9.92. The van der Waals surface area contributed by atoms with Crippen molar-refractivity contribution in [3.63, 3.8) is 0 Å². The summed E-state index contributed by atoms with van der Waals surface area (Å²) >= 11 is 0. The van der Waals surface area contributed by atoms with Gasteiger partial charge in [-0.3, -0.25) is 0 Å². The van der Waals surface area contributed by atoms with Crippen molar-refractivity contribution in [1.29, 1.82) is 5.26 Å². The van der Waals surface area contributed by atoms with Crippen LogP contribution in [0.3, 0.4) is 0 Å². The van der Waals surface area contributed by atoms with Crippen LogP contribution in [0.5, 0.6) is 0 Å². The van der Waals surface area contributed by atoms with Gasteiger partial charge in [0.05, 0.1) is 12.5 Å². The molecule has 2 N–H and O–H groups in total. The van der Waals surface area contributed by atoms with Crippen LogP contribution in [0.15, 0.2) is 18.2 Å². The van der Waals surface area contributed by atoms with Gasteiger partial charge in [-0.25, -0.2) is 0 Å². The third-order valence-electron chi connectivity index (χ3n) is 4.07. The van der Waals surface area contributed by atoms with Crippen LogP contribution in [-0.4, -0.2) is 13.1 Å². The second-order valence-corrected chi connectivity index (χ2v) is 5.44. The molecule has 0 radical (unpaired) electrons. The molecule has 19 heavy (non-hydrogen) atoms. The molecule has 1 aliphatic rings. The van der Waals surface area contributed by atoms with E-state index in [1.54, 1.807) is 0 Å². The van der Waals surface area contributed by atoms with Crippen molar-refractivity contribution in [1.82, 2.24) is 0 Å². The summed E-state index contributed by atoms with van der Waals surface area (Å²) in [6, 6.07) is 8.27. The Hall–Kier alpha value is -1.69. The maximum atomic E-state index is 8.82. The summed E-state index contributed by atoms with van der Waals surface area (Å²) in [5.41, 5.74) is 8.80. The van der Waals surface area contributed by atoms with Crippen LogP contribution in [0, 0.1) is 17.2 Å². The molecule has 0 bridgehead atoms. The van der Waals surface area contributed by atoms with Gasteiger partial charge in [0.25, 0.3) is 0 Å². The Balaban J connectivity index is 2.03. The number of nitrogens with zero attached hydrogens (tertiary/aromatic N) is 2. The summed E-state index contributed by atoms with van der Waals surface area (Å²) in [6.45, 7) is 4.52. The lowest BCUT2D eigenvalue weighted by Crippen LogP contribution is -2.33. The summed E-state index contributed by atoms with van der Waals surface area (Å²) in [4.78, 5) is 2.42. The van der Waals surface area contributed by atoms with E-state index in [9.17, 15) is 0 Å². The molecule has 0 unspecified atom stereocenters. The first kappa shape index (κ1) is 13.7. The van der Waals surface area contributed by atoms with Crippen molar-refractivity contribution >= 4 is 11.4 Å². The van der Waals surface area contributed by atoms with Gasteiger partial charge < -0.3 is 10.6 Å². The molecule has 0 aliphatic carbocycles. The highest BCUT2D eigenvalue weighted by Gasteiger charge is 2.19. The molecule has 102 valence electrons. The zero-order chi connectivity index (χ0) is 13.7. The predicted molar refractivity (Wildman–Crippen MR) is 80.0 cm³/mol. The summed E-state index contributed by atoms with van der Waals surface area (Å²) in [5, 5.41) is 8.82. The summed E-state index contributed by atoms with van der Waals surface area (Å²) in [7, 11) is 0. The van der Waals surface area contributed by atoms with Crippen molar-refractivity contribution in [3.05, 3.63) is 23.8 Å². The van der Waals surface area contributed by atoms with Gasteiger partial charge in [-0.15, -0.1) is 0 Å². The maximum Gasteiger partial charge on any atom is 0.0670 e. The number of rotatable bonds is 4. The molecule has 2 rings (SSSR count). The average Bonchev–Trinajstić information content (AvgIpc) is 2.43. The summed E-state index contributed by atoms with van der Waals surface area (Å²) < 4.78 is 0. The molecule has 1 aliphatic heterocycles. The Bertz CT molecular complexity index is 454. The lowest BCUT2D eigenvalue weighted by Gasteiger charge is -2.34. The molecule has 1 aromatic carbocycles. The number of benzene rings is 1. The number of piperidine rings is 1. The van der Waals surface area contributed by atoms with E-state index in [-0.39, 0.29) is 0 Å². The van der Waals surface area contributed by atoms with Gasteiger partial charge in [-0.05, 0) is 42.5 Å². The van der Waals surface area contributed by atoms with Crippen molar-refractivity contribution in [2.75, 3.05) is 23.7 Å². The highest BCUT2D eigenvalue weighted by Crippen LogP contribution is 2.28. The number of nitriles is 1. The van der Waals surface area contributed by atoms with Gasteiger partial charge in [-0.2, -0.15) is 5.26 Å². The van der Waals surface area contributed by atoms with Crippen LogP contribution in [0.25, 0.3) is 0 Å². The van der Waals surface area contributed by atoms with E-state index in [0.717, 1.165) is 30.3 Å². The monoisotopic (exact) mass is 257 g/mol. The second kappa shape index (κ2) is 6.47. The smallest absolute Gasteiger partial charge is 0.0670 e. The van der Waals surface area contributed by atoms with Gasteiger partial charge in [0.2, 0.25) is 0 Å². The molecule has 0 spiro atoms. The first-order chi connectivity index (χ1) is 9.24. The molecule has 3 nitrogen and oxygen atoms in total. The fourth-order valence-electron chi connectivity index (χ4n) is 2.92. The minimum atomic E-state index is 0.395. The van der Waals surface area contributed by atoms with Crippen LogP contribution >= 0.6 is 0 Å². The average molecular weight is 257 g/mol. The van der Waals surface area contributed by atoms with E-state index in [1.807, 2.05) is 6.07 Å². The third-order valence-corrected chi connectivity index (χ3v) is 4.07. The highest BCUT2D eigenvalue weighted by molar-refractivity contribution is 5.59. The molecule has 1 aromatic rings. The first-order valence-electron chi connectivity index (χ1n) is 7.25. The van der Waals surface area contributed by atoms with E-state index in [4.69, 9.17) is 11.0 Å². The van der Waals surface area contributed by atoms with Crippen LogP contribution in [-0.2, 0) is 6.42 Å². The van der Waals surface area contributed by atoms with Crippen molar-refractivity contribution in [2.45, 2.75) is 39.0 Å². The van der Waals surface area contributed by atoms with Gasteiger partial charge in [0, 0.05) is 24.5 Å². The van der Waals surface area contributed by atoms with E-state index in [1.165, 1.54) is 31.4 Å². The normalized spacial score (nSPS) is 16.3. The number of nitrogens with two attached hydrogens (primary N) is 1. The van der Waals surface area contributed by atoms with Crippen LogP contribution in [0.2, 0.25) is 0 Å². The van der Waals surface area contributed by atoms with Gasteiger partial charge >= 0.3 is 0 Å². The Kier molecular flexibility index (Phi) is 4.68. The number of hydrogen-bond acceptors (Lipinski definition) is 3. The zero-order valence-corrected chi connectivity index (χ0v) is 11.7. The van der Waals surface area contributed by atoms with Gasteiger partial charge in [0.15, 0.2) is 0 Å². The lowest BCUT2D eigenvalue weighted by molar-refractivity contribution is 0.378. The molecule has 1 heterocycles. The largest absolute Gasteiger partial charge is 0.398 e. The minimum Gasteiger partial charge on any atom is -0.398 e. The molecule has 0 atom stereocenters. The maximum absolute atomic E-state index is 8.82. The SMILES string of the molecule is CCCC1CCN(c2ccc(N)c(CC#N)c2)CC1. The third kappa shape index (κ3) is 3.41. The summed E-state index contributed by atoms with van der Waals surface area (Å²) in [5.74, 6) is 0.897. The topological polar surface area (TPSA) is 53.0 Å². The molecular formula is C16H23N3. The molecular weight excluding hydrogens is 234 g/mol. The number of anilines is 2. The molecule has 1 fully saturated rings. The Morgan fingerprint density at radius 3 is 2.74 bits per heavy atom. The molecule has 0 amide bonds. The van der Waals surface area contributed by atoms with E-state index in [2.05, 4.69) is 30.0 Å². The molecule has 0 aromatic heterocycles. The quantitative estimate of drug-likeness (QED) is 0.842.